The quantitative estimate of drug-likeness (QED) is 0.255. The van der Waals surface area contributed by atoms with Gasteiger partial charge in [-0.15, -0.1) is 0 Å². The van der Waals surface area contributed by atoms with Gasteiger partial charge in [-0.05, 0) is 13.0 Å². The predicted molar refractivity (Wildman–Crippen MR) is 42.0 cm³/mol. The van der Waals surface area contributed by atoms with Crippen LogP contribution in [-0.4, -0.2) is 0 Å². The number of rotatable bonds is 2. The van der Waals surface area contributed by atoms with Crippen LogP contribution in [0.3, 0.4) is 0 Å². The molecule has 0 saturated heterocycles. The summed E-state index contributed by atoms with van der Waals surface area (Å²) in [6.07, 6.45) is 0. The molecule has 0 aliphatic carbocycles. The van der Waals surface area contributed by atoms with Gasteiger partial charge in [0.15, 0.2) is 23.3 Å². The van der Waals surface area contributed by atoms with E-state index >= 15 is 0 Å². The summed E-state index contributed by atoms with van der Waals surface area (Å²) >= 11 is 0. The van der Waals surface area contributed by atoms with E-state index in [4.69, 9.17) is 5.84 Å². The minimum atomic E-state index is -1.83. The molecule has 3 N–H and O–H groups in total. The number of nitrogens with one attached hydrogen (secondary N) is 1. The van der Waals surface area contributed by atoms with Gasteiger partial charge in [-0.25, -0.2) is 17.6 Å². The average molecular weight is 208 g/mol. The second-order valence-corrected chi connectivity index (χ2v) is 2.78. The first-order valence-electron chi connectivity index (χ1n) is 3.78. The minimum absolute atomic E-state index is 0.358. The highest BCUT2D eigenvalue weighted by Gasteiger charge is 2.21. The van der Waals surface area contributed by atoms with Crippen molar-refractivity contribution < 1.29 is 17.6 Å². The van der Waals surface area contributed by atoms with Gasteiger partial charge in [-0.1, -0.05) is 0 Å². The van der Waals surface area contributed by atoms with Crippen molar-refractivity contribution in [2.24, 2.45) is 5.84 Å². The average Bonchev–Trinajstić information content (AvgIpc) is 2.19. The monoisotopic (exact) mass is 208 g/mol. The van der Waals surface area contributed by atoms with E-state index < -0.39 is 29.3 Å². The highest BCUT2D eigenvalue weighted by molar-refractivity contribution is 5.24. The maximum absolute atomic E-state index is 13.0. The van der Waals surface area contributed by atoms with Gasteiger partial charge in [0.2, 0.25) is 0 Å². The smallest absolute Gasteiger partial charge is 0.197 e. The van der Waals surface area contributed by atoms with Crippen LogP contribution in [-0.2, 0) is 0 Å². The molecule has 1 aromatic rings. The molecule has 1 unspecified atom stereocenters. The lowest BCUT2D eigenvalue weighted by molar-refractivity contribution is 0.396. The highest BCUT2D eigenvalue weighted by atomic mass is 19.2. The van der Waals surface area contributed by atoms with Crippen molar-refractivity contribution >= 4 is 0 Å². The second kappa shape index (κ2) is 3.93. The molecule has 0 aliphatic heterocycles. The maximum atomic E-state index is 13.0. The molecule has 14 heavy (non-hydrogen) atoms. The van der Waals surface area contributed by atoms with E-state index in [1.165, 1.54) is 6.92 Å². The Morgan fingerprint density at radius 3 is 2.21 bits per heavy atom. The highest BCUT2D eigenvalue weighted by Crippen LogP contribution is 2.22. The zero-order chi connectivity index (χ0) is 10.9. The summed E-state index contributed by atoms with van der Waals surface area (Å²) in [5.74, 6) is -1.58. The first kappa shape index (κ1) is 10.9. The van der Waals surface area contributed by atoms with Crippen LogP contribution in [0.4, 0.5) is 17.6 Å². The molecular weight excluding hydrogens is 200 g/mol. The topological polar surface area (TPSA) is 38.0 Å². The number of halogens is 4. The van der Waals surface area contributed by atoms with E-state index in [0.717, 1.165) is 0 Å². The Morgan fingerprint density at radius 2 is 1.71 bits per heavy atom. The van der Waals surface area contributed by atoms with Crippen LogP contribution < -0.4 is 11.3 Å². The number of hydrogen-bond acceptors (Lipinski definition) is 2. The van der Waals surface area contributed by atoms with Crippen LogP contribution in [0, 0.1) is 23.3 Å². The van der Waals surface area contributed by atoms with Crippen molar-refractivity contribution in [2.45, 2.75) is 13.0 Å². The normalized spacial score (nSPS) is 13.0. The van der Waals surface area contributed by atoms with E-state index in [1.54, 1.807) is 0 Å². The third-order valence-corrected chi connectivity index (χ3v) is 1.85. The lowest BCUT2D eigenvalue weighted by Gasteiger charge is -2.12. The van der Waals surface area contributed by atoms with E-state index in [9.17, 15) is 17.6 Å². The Hall–Kier alpha value is -1.14. The molecular formula is C8H8F4N2. The summed E-state index contributed by atoms with van der Waals surface area (Å²) in [7, 11) is 0. The SMILES string of the molecule is CC(NN)c1cc(F)c(F)c(F)c1F. The van der Waals surface area contributed by atoms with Crippen molar-refractivity contribution in [3.05, 3.63) is 34.9 Å². The van der Waals surface area contributed by atoms with Crippen LogP contribution >= 0.6 is 0 Å². The zero-order valence-corrected chi connectivity index (χ0v) is 7.24. The van der Waals surface area contributed by atoms with Crippen LogP contribution in [0.5, 0.6) is 0 Å². The van der Waals surface area contributed by atoms with Gasteiger partial charge in [0.1, 0.15) is 0 Å². The molecule has 0 saturated carbocycles. The van der Waals surface area contributed by atoms with E-state index in [2.05, 4.69) is 5.43 Å². The molecule has 0 aliphatic rings. The summed E-state index contributed by atoms with van der Waals surface area (Å²) in [6, 6.07) is -0.238. The van der Waals surface area contributed by atoms with Gasteiger partial charge in [-0.2, -0.15) is 0 Å². The van der Waals surface area contributed by atoms with Gasteiger partial charge < -0.3 is 0 Å². The van der Waals surface area contributed by atoms with E-state index in [0.29, 0.717) is 6.07 Å². The van der Waals surface area contributed by atoms with Crippen molar-refractivity contribution in [3.63, 3.8) is 0 Å². The fraction of sp³-hybridized carbons (Fsp3) is 0.250. The summed E-state index contributed by atoms with van der Waals surface area (Å²) < 4.78 is 50.9. The third kappa shape index (κ3) is 1.71. The molecule has 78 valence electrons. The van der Waals surface area contributed by atoms with Crippen LogP contribution in [0.15, 0.2) is 6.07 Å². The lowest BCUT2D eigenvalue weighted by Crippen LogP contribution is -2.27. The number of hydrazine groups is 1. The van der Waals surface area contributed by atoms with Crippen LogP contribution in [0.25, 0.3) is 0 Å². The van der Waals surface area contributed by atoms with Crippen LogP contribution in [0.1, 0.15) is 18.5 Å². The standard InChI is InChI=1S/C8H8F4N2/c1-3(14-13)4-2-5(9)7(11)8(12)6(4)10/h2-3,14H,13H2,1H3. The fourth-order valence-corrected chi connectivity index (χ4v) is 0.996. The van der Waals surface area contributed by atoms with Gasteiger partial charge in [0.05, 0.1) is 0 Å². The number of benzene rings is 1. The van der Waals surface area contributed by atoms with Gasteiger partial charge in [0, 0.05) is 11.6 Å². The molecule has 0 spiro atoms. The first-order valence-corrected chi connectivity index (χ1v) is 3.78. The molecule has 1 atom stereocenters. The molecule has 0 bridgehead atoms. The number of hydrogen-bond donors (Lipinski definition) is 2. The molecule has 0 fully saturated rings. The van der Waals surface area contributed by atoms with E-state index in [-0.39, 0.29) is 5.56 Å². The predicted octanol–water partition coefficient (Wildman–Crippen LogP) is 1.77. The Balaban J connectivity index is 3.33. The first-order chi connectivity index (χ1) is 6.49. The van der Waals surface area contributed by atoms with Crippen LogP contribution in [0.2, 0.25) is 0 Å². The number of nitrogens with two attached hydrogens (primary N) is 1. The summed E-state index contributed by atoms with van der Waals surface area (Å²) in [4.78, 5) is 0. The molecule has 0 aromatic heterocycles. The van der Waals surface area contributed by atoms with Crippen molar-refractivity contribution in [1.29, 1.82) is 0 Å². The lowest BCUT2D eigenvalue weighted by atomic mass is 10.1. The summed E-state index contributed by atoms with van der Waals surface area (Å²) in [5.41, 5.74) is 1.74. The Labute approximate surface area is 77.7 Å². The fourth-order valence-electron chi connectivity index (χ4n) is 0.996. The molecule has 1 aromatic carbocycles. The third-order valence-electron chi connectivity index (χ3n) is 1.85. The largest absolute Gasteiger partial charge is 0.271 e. The minimum Gasteiger partial charge on any atom is -0.271 e. The summed E-state index contributed by atoms with van der Waals surface area (Å²) in [6.45, 7) is 1.38. The molecule has 2 nitrogen and oxygen atoms in total. The Kier molecular flexibility index (Phi) is 3.07. The molecule has 0 radical (unpaired) electrons. The molecule has 0 amide bonds. The Morgan fingerprint density at radius 1 is 1.14 bits per heavy atom. The Bertz CT molecular complexity index is 354. The molecule has 0 heterocycles. The van der Waals surface area contributed by atoms with Gasteiger partial charge in [-0.3, -0.25) is 11.3 Å². The van der Waals surface area contributed by atoms with Gasteiger partial charge in [0.25, 0.3) is 0 Å². The molecule has 6 heteroatoms. The molecule has 1 rings (SSSR count). The van der Waals surface area contributed by atoms with E-state index in [1.807, 2.05) is 0 Å². The van der Waals surface area contributed by atoms with Gasteiger partial charge >= 0.3 is 0 Å². The summed E-state index contributed by atoms with van der Waals surface area (Å²) in [5, 5.41) is 0. The maximum Gasteiger partial charge on any atom is 0.197 e. The second-order valence-electron chi connectivity index (χ2n) is 2.78. The van der Waals surface area contributed by atoms with Crippen molar-refractivity contribution in [3.8, 4) is 0 Å². The van der Waals surface area contributed by atoms with Crippen molar-refractivity contribution in [2.75, 3.05) is 0 Å². The zero-order valence-electron chi connectivity index (χ0n) is 7.24. The van der Waals surface area contributed by atoms with Crippen molar-refractivity contribution in [1.82, 2.24) is 5.43 Å².